The number of aromatic nitrogens is 4. The molecule has 0 spiro atoms. The summed E-state index contributed by atoms with van der Waals surface area (Å²) in [5, 5.41) is 10.9. The first-order valence-corrected chi connectivity index (χ1v) is 6.44. The van der Waals surface area contributed by atoms with Gasteiger partial charge in [0, 0.05) is 6.42 Å². The second kappa shape index (κ2) is 7.88. The maximum atomic E-state index is 11.9. The fourth-order valence-electron chi connectivity index (χ4n) is 1.71. The molecule has 4 N–H and O–H groups in total. The number of hydrogen-bond donors (Lipinski definition) is 2. The van der Waals surface area contributed by atoms with Crippen molar-refractivity contribution in [3.05, 3.63) is 5.82 Å². The highest BCUT2D eigenvalue weighted by molar-refractivity contribution is 5.78. The lowest BCUT2D eigenvalue weighted by molar-refractivity contribution is 0.0875. The lowest BCUT2D eigenvalue weighted by Gasteiger charge is -2.05. The summed E-state index contributed by atoms with van der Waals surface area (Å²) in [5.74, 6) is 0.328. The first kappa shape index (κ1) is 14.7. The number of tetrazole rings is 1. The van der Waals surface area contributed by atoms with Gasteiger partial charge in [0.1, 0.15) is 0 Å². The molecule has 1 atom stereocenters. The van der Waals surface area contributed by atoms with Crippen LogP contribution in [0, 0.1) is 0 Å². The van der Waals surface area contributed by atoms with Crippen molar-refractivity contribution in [2.75, 3.05) is 6.54 Å². The maximum absolute atomic E-state index is 11.9. The van der Waals surface area contributed by atoms with E-state index in [0.29, 0.717) is 12.2 Å². The Morgan fingerprint density at radius 1 is 1.28 bits per heavy atom. The smallest absolute Gasteiger partial charge is 0.250 e. The standard InChI is InChI=1S/C11H22N6O/c1-9(13)11-14-15-16-17(11)10(18)7-5-3-2-4-6-8-12/h9H,2-8,12-13H2,1H3. The van der Waals surface area contributed by atoms with Crippen molar-refractivity contribution >= 4 is 5.91 Å². The van der Waals surface area contributed by atoms with E-state index in [-0.39, 0.29) is 11.9 Å². The molecule has 102 valence electrons. The van der Waals surface area contributed by atoms with E-state index in [2.05, 4.69) is 15.5 Å². The number of unbranched alkanes of at least 4 members (excludes halogenated alkanes) is 4. The molecule has 1 aromatic rings. The number of nitrogens with two attached hydrogens (primary N) is 2. The molecule has 1 heterocycles. The third-order valence-corrected chi connectivity index (χ3v) is 2.73. The normalized spacial score (nSPS) is 12.6. The Bertz CT molecular complexity index is 362. The molecular weight excluding hydrogens is 232 g/mol. The van der Waals surface area contributed by atoms with Crippen molar-refractivity contribution < 1.29 is 4.79 Å². The Balaban J connectivity index is 2.30. The Kier molecular flexibility index (Phi) is 6.45. The van der Waals surface area contributed by atoms with Crippen LogP contribution in [0.15, 0.2) is 0 Å². The van der Waals surface area contributed by atoms with Crippen LogP contribution in [0.4, 0.5) is 0 Å². The van der Waals surface area contributed by atoms with Gasteiger partial charge in [-0.1, -0.05) is 19.3 Å². The third kappa shape index (κ3) is 4.50. The van der Waals surface area contributed by atoms with Crippen molar-refractivity contribution in [2.45, 2.75) is 51.5 Å². The second-order valence-electron chi connectivity index (χ2n) is 4.44. The van der Waals surface area contributed by atoms with Gasteiger partial charge in [-0.25, -0.2) is 0 Å². The molecule has 0 fully saturated rings. The molecule has 0 amide bonds. The van der Waals surface area contributed by atoms with Gasteiger partial charge in [-0.05, 0) is 36.7 Å². The summed E-state index contributed by atoms with van der Waals surface area (Å²) in [6.45, 7) is 2.49. The fourth-order valence-corrected chi connectivity index (χ4v) is 1.71. The van der Waals surface area contributed by atoms with Crippen LogP contribution < -0.4 is 11.5 Å². The van der Waals surface area contributed by atoms with E-state index in [1.807, 2.05) is 0 Å². The van der Waals surface area contributed by atoms with Crippen LogP contribution in [-0.4, -0.2) is 32.7 Å². The van der Waals surface area contributed by atoms with E-state index < -0.39 is 0 Å². The highest BCUT2D eigenvalue weighted by Crippen LogP contribution is 2.08. The molecule has 1 unspecified atom stereocenters. The molecule has 7 heteroatoms. The number of nitrogens with zero attached hydrogens (tertiary/aromatic N) is 4. The number of hydrogen-bond acceptors (Lipinski definition) is 6. The Hall–Kier alpha value is -1.34. The van der Waals surface area contributed by atoms with Gasteiger partial charge in [-0.15, -0.1) is 5.10 Å². The summed E-state index contributed by atoms with van der Waals surface area (Å²) in [6, 6.07) is -0.339. The van der Waals surface area contributed by atoms with E-state index in [0.717, 1.165) is 38.6 Å². The predicted molar refractivity (Wildman–Crippen MR) is 67.8 cm³/mol. The molecule has 1 rings (SSSR count). The molecule has 0 radical (unpaired) electrons. The monoisotopic (exact) mass is 254 g/mol. The van der Waals surface area contributed by atoms with Crippen molar-refractivity contribution in [1.82, 2.24) is 20.2 Å². The fraction of sp³-hybridized carbons (Fsp3) is 0.818. The molecule has 1 aromatic heterocycles. The average molecular weight is 254 g/mol. The summed E-state index contributed by atoms with van der Waals surface area (Å²) >= 11 is 0. The van der Waals surface area contributed by atoms with Crippen molar-refractivity contribution in [3.8, 4) is 0 Å². The van der Waals surface area contributed by atoms with E-state index in [1.165, 1.54) is 4.68 Å². The summed E-state index contributed by atoms with van der Waals surface area (Å²) < 4.78 is 1.21. The minimum atomic E-state index is -0.339. The van der Waals surface area contributed by atoms with Crippen molar-refractivity contribution in [2.24, 2.45) is 11.5 Å². The molecule has 18 heavy (non-hydrogen) atoms. The average Bonchev–Trinajstić information content (AvgIpc) is 2.82. The lowest BCUT2D eigenvalue weighted by Crippen LogP contribution is -2.20. The molecule has 0 saturated carbocycles. The van der Waals surface area contributed by atoms with Gasteiger partial charge in [-0.2, -0.15) is 4.68 Å². The highest BCUT2D eigenvalue weighted by atomic mass is 16.2. The predicted octanol–water partition coefficient (Wildman–Crippen LogP) is 0.632. The van der Waals surface area contributed by atoms with Gasteiger partial charge in [-0.3, -0.25) is 4.79 Å². The maximum Gasteiger partial charge on any atom is 0.250 e. The lowest BCUT2D eigenvalue weighted by atomic mass is 10.1. The quantitative estimate of drug-likeness (QED) is 0.519. The summed E-state index contributed by atoms with van der Waals surface area (Å²) in [4.78, 5) is 11.9. The topological polar surface area (TPSA) is 113 Å². The molecule has 7 nitrogen and oxygen atoms in total. The molecule has 0 aromatic carbocycles. The van der Waals surface area contributed by atoms with Gasteiger partial charge >= 0.3 is 0 Å². The molecule has 0 aliphatic rings. The second-order valence-corrected chi connectivity index (χ2v) is 4.44. The zero-order chi connectivity index (χ0) is 13.4. The number of carbonyl (C=O) groups is 1. The van der Waals surface area contributed by atoms with Crippen LogP contribution in [0.2, 0.25) is 0 Å². The van der Waals surface area contributed by atoms with Gasteiger partial charge < -0.3 is 11.5 Å². The third-order valence-electron chi connectivity index (χ3n) is 2.73. The van der Waals surface area contributed by atoms with Crippen LogP contribution in [-0.2, 0) is 0 Å². The summed E-state index contributed by atoms with van der Waals surface area (Å²) in [6.07, 6.45) is 5.62. The van der Waals surface area contributed by atoms with Crippen molar-refractivity contribution in [1.29, 1.82) is 0 Å². The van der Waals surface area contributed by atoms with Gasteiger partial charge in [0.15, 0.2) is 5.82 Å². The number of rotatable bonds is 8. The van der Waals surface area contributed by atoms with Crippen LogP contribution in [0.1, 0.15) is 62.1 Å². The first-order valence-electron chi connectivity index (χ1n) is 6.44. The van der Waals surface area contributed by atoms with Crippen molar-refractivity contribution in [3.63, 3.8) is 0 Å². The zero-order valence-electron chi connectivity index (χ0n) is 10.9. The molecular formula is C11H22N6O. The van der Waals surface area contributed by atoms with Crippen LogP contribution in [0.3, 0.4) is 0 Å². The van der Waals surface area contributed by atoms with E-state index in [1.54, 1.807) is 6.92 Å². The van der Waals surface area contributed by atoms with Gasteiger partial charge in [0.05, 0.1) is 6.04 Å². The zero-order valence-corrected chi connectivity index (χ0v) is 10.9. The molecule has 0 saturated heterocycles. The first-order chi connectivity index (χ1) is 8.66. The summed E-state index contributed by atoms with van der Waals surface area (Å²) in [5.41, 5.74) is 11.1. The largest absolute Gasteiger partial charge is 0.330 e. The van der Waals surface area contributed by atoms with Crippen LogP contribution in [0.5, 0.6) is 0 Å². The molecule has 0 aliphatic carbocycles. The van der Waals surface area contributed by atoms with E-state index in [9.17, 15) is 4.79 Å². The van der Waals surface area contributed by atoms with Gasteiger partial charge in [0.25, 0.3) is 0 Å². The minimum absolute atomic E-state index is 0.0916. The number of carbonyl (C=O) groups excluding carboxylic acids is 1. The summed E-state index contributed by atoms with van der Waals surface area (Å²) in [7, 11) is 0. The molecule has 0 aliphatic heterocycles. The Morgan fingerprint density at radius 2 is 1.94 bits per heavy atom. The minimum Gasteiger partial charge on any atom is -0.330 e. The Labute approximate surface area is 107 Å². The van der Waals surface area contributed by atoms with Crippen LogP contribution in [0.25, 0.3) is 0 Å². The Morgan fingerprint density at radius 3 is 2.61 bits per heavy atom. The molecule has 0 bridgehead atoms. The SMILES string of the molecule is CC(N)c1nnnn1C(=O)CCCCCCCN. The van der Waals surface area contributed by atoms with E-state index >= 15 is 0 Å². The highest BCUT2D eigenvalue weighted by Gasteiger charge is 2.16. The van der Waals surface area contributed by atoms with Gasteiger partial charge in [0.2, 0.25) is 5.91 Å². The van der Waals surface area contributed by atoms with Crippen LogP contribution >= 0.6 is 0 Å². The van der Waals surface area contributed by atoms with E-state index in [4.69, 9.17) is 11.5 Å².